The van der Waals surface area contributed by atoms with Crippen LogP contribution in [0.25, 0.3) is 0 Å². The first kappa shape index (κ1) is 35.3. The number of halogens is 4. The van der Waals surface area contributed by atoms with Crippen LogP contribution in [0, 0.1) is 17.0 Å². The molecule has 4 aromatic rings. The van der Waals surface area contributed by atoms with Gasteiger partial charge in [-0.15, -0.1) is 0 Å². The van der Waals surface area contributed by atoms with Crippen molar-refractivity contribution in [3.05, 3.63) is 111 Å². The topological polar surface area (TPSA) is 128 Å². The number of nitrogens with one attached hydrogen (secondary N) is 4. The number of rotatable bonds is 11. The molecule has 0 radical (unpaired) electrons. The quantitative estimate of drug-likeness (QED) is 0.115. The van der Waals surface area contributed by atoms with Crippen molar-refractivity contribution in [1.82, 2.24) is 20.6 Å². The van der Waals surface area contributed by atoms with Crippen LogP contribution in [-0.4, -0.2) is 52.7 Å². The van der Waals surface area contributed by atoms with Gasteiger partial charge in [-0.2, -0.15) is 0 Å². The molecule has 1 aliphatic rings. The molecule has 1 aliphatic heterocycles. The van der Waals surface area contributed by atoms with Crippen LogP contribution >= 0.6 is 23.2 Å². The molecule has 4 atom stereocenters. The Morgan fingerprint density at radius 2 is 1.88 bits per heavy atom. The molecule has 5 rings (SSSR count). The number of aromatic carboxylic acids is 1. The Labute approximate surface area is 287 Å². The molecule has 9 nitrogen and oxygen atoms in total. The van der Waals surface area contributed by atoms with Crippen LogP contribution in [0.15, 0.2) is 67.1 Å². The van der Waals surface area contributed by atoms with Crippen molar-refractivity contribution < 1.29 is 28.2 Å². The largest absolute Gasteiger partial charge is 0.495 e. The first-order chi connectivity index (χ1) is 22.7. The molecule has 0 saturated carbocycles. The Hall–Kier alpha value is -4.03. The lowest BCUT2D eigenvalue weighted by molar-refractivity contribution is -0.118. The van der Waals surface area contributed by atoms with Crippen molar-refractivity contribution in [3.63, 3.8) is 0 Å². The van der Waals surface area contributed by atoms with Crippen LogP contribution in [0.2, 0.25) is 10.0 Å². The van der Waals surface area contributed by atoms with Gasteiger partial charge in [0.15, 0.2) is 0 Å². The molecule has 48 heavy (non-hydrogen) atoms. The van der Waals surface area contributed by atoms with Gasteiger partial charge >= 0.3 is 5.97 Å². The first-order valence-electron chi connectivity index (χ1n) is 15.3. The maximum Gasteiger partial charge on any atom is 0.335 e. The summed E-state index contributed by atoms with van der Waals surface area (Å²) in [6.07, 6.45) is 3.67. The fraction of sp³-hybridized carbons (Fsp3) is 0.343. The molecule has 1 saturated heterocycles. The molecule has 13 heteroatoms. The van der Waals surface area contributed by atoms with Crippen LogP contribution in [-0.2, 0) is 16.8 Å². The number of anilines is 1. The number of nitrogens with zero attached hydrogens (tertiary/aromatic N) is 1. The predicted molar refractivity (Wildman–Crippen MR) is 181 cm³/mol. The second kappa shape index (κ2) is 14.2. The van der Waals surface area contributed by atoms with E-state index in [2.05, 4.69) is 25.9 Å². The van der Waals surface area contributed by atoms with E-state index in [9.17, 15) is 14.7 Å². The third kappa shape index (κ3) is 7.19. The Kier molecular flexibility index (Phi) is 10.4. The van der Waals surface area contributed by atoms with Gasteiger partial charge in [0.1, 0.15) is 17.4 Å². The molecule has 2 heterocycles. The third-order valence-electron chi connectivity index (χ3n) is 8.73. The smallest absolute Gasteiger partial charge is 0.335 e. The maximum absolute atomic E-state index is 16.4. The summed E-state index contributed by atoms with van der Waals surface area (Å²) >= 11 is 12.6. The number of hydrogen-bond donors (Lipinski definition) is 5. The van der Waals surface area contributed by atoms with Gasteiger partial charge in [0.05, 0.1) is 35.8 Å². The number of carbonyl (C=O) groups is 2. The van der Waals surface area contributed by atoms with Crippen molar-refractivity contribution in [3.8, 4) is 5.75 Å². The molecule has 1 fully saturated rings. The average molecular weight is 701 g/mol. The molecule has 1 aromatic heterocycles. The van der Waals surface area contributed by atoms with Crippen molar-refractivity contribution in [1.29, 1.82) is 0 Å². The summed E-state index contributed by atoms with van der Waals surface area (Å²) in [5.74, 6) is -3.96. The van der Waals surface area contributed by atoms with Crippen LogP contribution in [0.1, 0.15) is 60.3 Å². The highest BCUT2D eigenvalue weighted by atomic mass is 35.5. The van der Waals surface area contributed by atoms with E-state index < -0.39 is 46.9 Å². The minimum Gasteiger partial charge on any atom is -0.495 e. The second-order valence-electron chi connectivity index (χ2n) is 13.1. The van der Waals surface area contributed by atoms with E-state index in [-0.39, 0.29) is 50.1 Å². The zero-order valence-electron chi connectivity index (χ0n) is 26.8. The summed E-state index contributed by atoms with van der Waals surface area (Å²) in [4.78, 5) is 33.2. The number of amides is 1. The van der Waals surface area contributed by atoms with Crippen molar-refractivity contribution in [2.24, 2.45) is 5.41 Å². The Bertz CT molecular complexity index is 1800. The molecule has 5 N–H and O–H groups in total. The number of benzene rings is 3. The number of carboxylic acids is 1. The minimum atomic E-state index is -1.28. The SMILES string of the molecule is COc1cc(C(=O)O)ccc1NC(=O)[C@@H]1N[C@@H](CC(C)(C)C)[C@](CNCc2cnc[nH]2)(c2ccc(Cl)cc2F)[C@H]1c1cccc(Cl)c1F. The van der Waals surface area contributed by atoms with Gasteiger partial charge in [-0.3, -0.25) is 4.79 Å². The Morgan fingerprint density at radius 1 is 1.10 bits per heavy atom. The molecule has 0 unspecified atom stereocenters. The van der Waals surface area contributed by atoms with Crippen LogP contribution < -0.4 is 20.7 Å². The summed E-state index contributed by atoms with van der Waals surface area (Å²) in [5, 5.41) is 19.3. The standard InChI is InChI=1S/C35H37Cl2F2N5O4/c1-34(2,3)14-28-35(17-40-15-21-16-41-18-42-21,23-10-9-20(36)13-25(23)38)29(22-6-5-7-24(37)30(22)39)31(44-28)32(45)43-26-11-8-19(33(46)47)12-27(26)48-4/h5-13,16,18,28-29,31,40,44H,14-15,17H2,1-4H3,(H,41,42)(H,43,45)(H,46,47)/t28-,29-,31+,35-/m0/s1. The number of aromatic amines is 1. The van der Waals surface area contributed by atoms with Gasteiger partial charge in [-0.05, 0) is 59.4 Å². The van der Waals surface area contributed by atoms with Crippen molar-refractivity contribution in [2.75, 3.05) is 19.0 Å². The normalized spacial score (nSPS) is 20.9. The lowest BCUT2D eigenvalue weighted by atomic mass is 9.61. The number of methoxy groups -OCH3 is 1. The summed E-state index contributed by atoms with van der Waals surface area (Å²) in [7, 11) is 1.35. The van der Waals surface area contributed by atoms with E-state index in [4.69, 9.17) is 27.9 Å². The molecule has 0 spiro atoms. The van der Waals surface area contributed by atoms with Gasteiger partial charge in [0, 0.05) is 47.4 Å². The highest BCUT2D eigenvalue weighted by Crippen LogP contribution is 2.53. The van der Waals surface area contributed by atoms with Crippen LogP contribution in [0.3, 0.4) is 0 Å². The van der Waals surface area contributed by atoms with Gasteiger partial charge in [0.2, 0.25) is 5.91 Å². The van der Waals surface area contributed by atoms with Gasteiger partial charge < -0.3 is 30.8 Å². The zero-order valence-corrected chi connectivity index (χ0v) is 28.3. The summed E-state index contributed by atoms with van der Waals surface area (Å²) in [6.45, 7) is 6.54. The van der Waals surface area contributed by atoms with E-state index in [0.29, 0.717) is 13.0 Å². The predicted octanol–water partition coefficient (Wildman–Crippen LogP) is 6.93. The average Bonchev–Trinajstić information content (AvgIpc) is 3.65. The number of H-pyrrole nitrogens is 1. The number of hydrogen-bond acceptors (Lipinski definition) is 6. The van der Waals surface area contributed by atoms with E-state index in [1.54, 1.807) is 36.8 Å². The molecule has 0 bridgehead atoms. The number of imidazole rings is 1. The monoisotopic (exact) mass is 699 g/mol. The summed E-state index contributed by atoms with van der Waals surface area (Å²) in [5.41, 5.74) is -0.295. The number of ether oxygens (including phenoxy) is 1. The highest BCUT2D eigenvalue weighted by Gasteiger charge is 2.60. The van der Waals surface area contributed by atoms with Gasteiger partial charge in [0.25, 0.3) is 0 Å². The fourth-order valence-electron chi connectivity index (χ4n) is 6.75. The van der Waals surface area contributed by atoms with E-state index in [1.165, 1.54) is 37.4 Å². The number of aromatic nitrogens is 2. The molecule has 3 aromatic carbocycles. The van der Waals surface area contributed by atoms with E-state index in [1.807, 2.05) is 20.8 Å². The highest BCUT2D eigenvalue weighted by molar-refractivity contribution is 6.31. The van der Waals surface area contributed by atoms with E-state index in [0.717, 1.165) is 5.69 Å². The molecule has 1 amide bonds. The number of carboxylic acid groups (broad SMARTS) is 1. The third-order valence-corrected chi connectivity index (χ3v) is 9.26. The molecule has 254 valence electrons. The van der Waals surface area contributed by atoms with Crippen molar-refractivity contribution in [2.45, 2.75) is 57.2 Å². The minimum absolute atomic E-state index is 0.0338. The summed E-state index contributed by atoms with van der Waals surface area (Å²) < 4.78 is 38.0. The Morgan fingerprint density at radius 3 is 2.52 bits per heavy atom. The molecular weight excluding hydrogens is 663 g/mol. The summed E-state index contributed by atoms with van der Waals surface area (Å²) in [6, 6.07) is 11.3. The molecular formula is C35H37Cl2F2N5O4. The Balaban J connectivity index is 1.72. The van der Waals surface area contributed by atoms with E-state index >= 15 is 8.78 Å². The maximum atomic E-state index is 16.4. The van der Waals surface area contributed by atoms with Gasteiger partial charge in [-0.25, -0.2) is 18.6 Å². The first-order valence-corrected chi connectivity index (χ1v) is 16.1. The van der Waals surface area contributed by atoms with Crippen LogP contribution in [0.5, 0.6) is 5.75 Å². The van der Waals surface area contributed by atoms with Crippen LogP contribution in [0.4, 0.5) is 14.5 Å². The lowest BCUT2D eigenvalue weighted by Gasteiger charge is -2.43. The number of carbonyl (C=O) groups excluding carboxylic acids is 1. The molecule has 0 aliphatic carbocycles. The lowest BCUT2D eigenvalue weighted by Crippen LogP contribution is -2.51. The van der Waals surface area contributed by atoms with Crippen molar-refractivity contribution >= 4 is 40.8 Å². The second-order valence-corrected chi connectivity index (χ2v) is 14.0. The fourth-order valence-corrected chi connectivity index (χ4v) is 7.09. The van der Waals surface area contributed by atoms with Gasteiger partial charge in [-0.1, -0.05) is 62.2 Å². The zero-order chi connectivity index (χ0) is 34.8.